The van der Waals surface area contributed by atoms with Gasteiger partial charge in [0.2, 0.25) is 5.78 Å². The molecule has 1 heterocycles. The van der Waals surface area contributed by atoms with Crippen LogP contribution in [0, 0.1) is 17.0 Å². The van der Waals surface area contributed by atoms with Crippen molar-refractivity contribution in [3.8, 4) is 11.3 Å². The number of carbonyl (C=O) groups excluding carboxylic acids is 1. The Bertz CT molecular complexity index is 943. The highest BCUT2D eigenvalue weighted by molar-refractivity contribution is 8.93. The van der Waals surface area contributed by atoms with Gasteiger partial charge in [-0.2, -0.15) is 0 Å². The first kappa shape index (κ1) is 19.4. The number of hydrogen-bond donors (Lipinski definition) is 0. The maximum absolute atomic E-state index is 12.3. The van der Waals surface area contributed by atoms with Crippen molar-refractivity contribution in [3.05, 3.63) is 88.4 Å². The van der Waals surface area contributed by atoms with Crippen LogP contribution in [0.15, 0.2) is 67.1 Å². The van der Waals surface area contributed by atoms with Crippen LogP contribution in [0.5, 0.6) is 0 Å². The second kappa shape index (κ2) is 8.44. The van der Waals surface area contributed by atoms with Crippen LogP contribution in [0.3, 0.4) is 0 Å². The van der Waals surface area contributed by atoms with Gasteiger partial charge in [-0.15, -0.1) is 17.0 Å². The van der Waals surface area contributed by atoms with E-state index in [0.717, 1.165) is 16.8 Å². The van der Waals surface area contributed by atoms with Crippen molar-refractivity contribution in [2.75, 3.05) is 0 Å². The van der Waals surface area contributed by atoms with E-state index in [0.29, 0.717) is 5.56 Å². The molecule has 0 amide bonds. The third-order valence-corrected chi connectivity index (χ3v) is 3.79. The zero-order valence-corrected chi connectivity index (χ0v) is 15.7. The fourth-order valence-corrected chi connectivity index (χ4v) is 2.50. The van der Waals surface area contributed by atoms with Crippen molar-refractivity contribution in [3.63, 3.8) is 0 Å². The number of nitrogens with zero attached hydrogens (tertiary/aromatic N) is 3. The minimum absolute atomic E-state index is 0. The number of non-ortho nitro benzene ring substituents is 1. The number of aryl methyl sites for hydroxylation is 1. The summed E-state index contributed by atoms with van der Waals surface area (Å²) >= 11 is 0. The number of nitro groups is 1. The summed E-state index contributed by atoms with van der Waals surface area (Å²) < 4.78 is 1.65. The number of halogens is 1. The lowest BCUT2D eigenvalue weighted by molar-refractivity contribution is -0.686. The van der Waals surface area contributed by atoms with Crippen molar-refractivity contribution < 1.29 is 14.3 Å². The van der Waals surface area contributed by atoms with Crippen molar-refractivity contribution >= 4 is 28.5 Å². The van der Waals surface area contributed by atoms with E-state index in [2.05, 4.69) is 4.98 Å². The minimum atomic E-state index is -0.512. The summed E-state index contributed by atoms with van der Waals surface area (Å²) in [6.07, 6.45) is 3.37. The Balaban J connectivity index is 0.00000243. The van der Waals surface area contributed by atoms with Crippen LogP contribution in [0.2, 0.25) is 0 Å². The highest BCUT2D eigenvalue weighted by Gasteiger charge is 2.15. The van der Waals surface area contributed by atoms with Crippen LogP contribution in [0.1, 0.15) is 15.9 Å². The van der Waals surface area contributed by atoms with Gasteiger partial charge in [0.05, 0.1) is 11.1 Å². The quantitative estimate of drug-likeness (QED) is 0.276. The molecule has 0 atom stereocenters. The first-order valence-electron chi connectivity index (χ1n) is 7.73. The van der Waals surface area contributed by atoms with Crippen molar-refractivity contribution in [2.45, 2.75) is 13.5 Å². The SMILES string of the molecule is Br.Cc1cccc(-c2cc[n+](CC(=O)c3cccc([N+](=O)[O-])c3)cn2)c1. The molecule has 0 N–H and O–H groups in total. The zero-order valence-electron chi connectivity index (χ0n) is 14.0. The normalized spacial score (nSPS) is 10.0. The Hall–Kier alpha value is -2.93. The van der Waals surface area contributed by atoms with Crippen LogP contribution in [-0.4, -0.2) is 15.7 Å². The van der Waals surface area contributed by atoms with Gasteiger partial charge in [0.25, 0.3) is 12.0 Å². The molecule has 0 unspecified atom stereocenters. The molecule has 7 heteroatoms. The summed E-state index contributed by atoms with van der Waals surface area (Å²) in [5.74, 6) is -0.209. The van der Waals surface area contributed by atoms with E-state index in [1.54, 1.807) is 23.2 Å². The molecule has 0 bridgehead atoms. The number of aromatic nitrogens is 2. The maximum Gasteiger partial charge on any atom is 0.287 e. The summed E-state index contributed by atoms with van der Waals surface area (Å²) in [6, 6.07) is 15.6. The first-order valence-corrected chi connectivity index (χ1v) is 7.73. The van der Waals surface area contributed by atoms with Gasteiger partial charge in [-0.05, 0) is 18.0 Å². The highest BCUT2D eigenvalue weighted by Crippen LogP contribution is 2.16. The van der Waals surface area contributed by atoms with Gasteiger partial charge in [0, 0.05) is 29.3 Å². The zero-order chi connectivity index (χ0) is 17.8. The van der Waals surface area contributed by atoms with Gasteiger partial charge in [-0.25, -0.2) is 4.57 Å². The largest absolute Gasteiger partial charge is 0.290 e. The number of ketones is 1. The van der Waals surface area contributed by atoms with E-state index >= 15 is 0 Å². The molecule has 3 rings (SSSR count). The Morgan fingerprint density at radius 2 is 1.92 bits per heavy atom. The summed E-state index contributed by atoms with van der Waals surface area (Å²) in [7, 11) is 0. The Labute approximate surface area is 161 Å². The predicted molar refractivity (Wildman–Crippen MR) is 102 cm³/mol. The van der Waals surface area contributed by atoms with Crippen LogP contribution in [-0.2, 0) is 6.54 Å². The molecule has 132 valence electrons. The van der Waals surface area contributed by atoms with E-state index in [4.69, 9.17) is 0 Å². The second-order valence-corrected chi connectivity index (χ2v) is 5.72. The fraction of sp³-hybridized carbons (Fsp3) is 0.105. The molecular formula is C19H17BrN3O3+. The first-order chi connectivity index (χ1) is 12.0. The number of hydrogen-bond acceptors (Lipinski definition) is 4. The third-order valence-electron chi connectivity index (χ3n) is 3.79. The second-order valence-electron chi connectivity index (χ2n) is 5.72. The topological polar surface area (TPSA) is 77.0 Å². The van der Waals surface area contributed by atoms with Crippen LogP contribution >= 0.6 is 17.0 Å². The van der Waals surface area contributed by atoms with Crippen molar-refractivity contribution in [1.82, 2.24) is 4.98 Å². The number of carbonyl (C=O) groups is 1. The summed E-state index contributed by atoms with van der Waals surface area (Å²) in [5.41, 5.74) is 3.20. The van der Waals surface area contributed by atoms with E-state index in [9.17, 15) is 14.9 Å². The average Bonchev–Trinajstić information content (AvgIpc) is 2.62. The number of rotatable bonds is 5. The molecule has 3 aromatic rings. The number of Topliss-reactive ketones (excluding diaryl/α,β-unsaturated/α-hetero) is 1. The summed E-state index contributed by atoms with van der Waals surface area (Å²) in [4.78, 5) is 27.0. The molecule has 2 aromatic carbocycles. The predicted octanol–water partition coefficient (Wildman–Crippen LogP) is 3.71. The van der Waals surface area contributed by atoms with Gasteiger partial charge >= 0.3 is 0 Å². The smallest absolute Gasteiger partial charge is 0.287 e. The van der Waals surface area contributed by atoms with Crippen LogP contribution in [0.4, 0.5) is 5.69 Å². The molecule has 0 aliphatic carbocycles. The summed E-state index contributed by atoms with van der Waals surface area (Å²) in [5, 5.41) is 10.8. The van der Waals surface area contributed by atoms with E-state index in [1.807, 2.05) is 37.3 Å². The molecule has 0 fully saturated rings. The molecule has 0 radical (unpaired) electrons. The lowest BCUT2D eigenvalue weighted by Gasteiger charge is -2.01. The third kappa shape index (κ3) is 4.58. The van der Waals surface area contributed by atoms with Crippen molar-refractivity contribution in [2.24, 2.45) is 0 Å². The van der Waals surface area contributed by atoms with Crippen molar-refractivity contribution in [1.29, 1.82) is 0 Å². The monoisotopic (exact) mass is 414 g/mol. The Kier molecular flexibility index (Phi) is 6.30. The molecule has 0 aliphatic heterocycles. The highest BCUT2D eigenvalue weighted by atomic mass is 79.9. The number of benzene rings is 2. The standard InChI is InChI=1S/C19H16N3O3.BrH/c1-14-4-2-5-15(10-14)18-8-9-21(13-20-18)12-19(23)16-6-3-7-17(11-16)22(24)25;/h2-11,13H,12H2,1H3;1H/q+1;. The van der Waals surface area contributed by atoms with Gasteiger partial charge in [-0.1, -0.05) is 35.9 Å². The van der Waals surface area contributed by atoms with Gasteiger partial charge < -0.3 is 0 Å². The molecular weight excluding hydrogens is 398 g/mol. The molecule has 6 nitrogen and oxygen atoms in total. The molecule has 0 saturated carbocycles. The number of nitro benzene ring substituents is 1. The molecule has 26 heavy (non-hydrogen) atoms. The molecule has 0 saturated heterocycles. The van der Waals surface area contributed by atoms with Crippen LogP contribution < -0.4 is 4.57 Å². The van der Waals surface area contributed by atoms with E-state index in [1.165, 1.54) is 18.2 Å². The van der Waals surface area contributed by atoms with Gasteiger partial charge in [0.15, 0.2) is 12.2 Å². The average molecular weight is 415 g/mol. The fourth-order valence-electron chi connectivity index (χ4n) is 2.50. The maximum atomic E-state index is 12.3. The van der Waals surface area contributed by atoms with Crippen LogP contribution in [0.25, 0.3) is 11.3 Å². The van der Waals surface area contributed by atoms with Gasteiger partial charge in [-0.3, -0.25) is 14.9 Å². The molecule has 1 aromatic heterocycles. The van der Waals surface area contributed by atoms with E-state index < -0.39 is 4.92 Å². The lowest BCUT2D eigenvalue weighted by Crippen LogP contribution is -2.37. The molecule has 0 aliphatic rings. The Morgan fingerprint density at radius 3 is 2.58 bits per heavy atom. The van der Waals surface area contributed by atoms with E-state index in [-0.39, 0.29) is 35.0 Å². The lowest BCUT2D eigenvalue weighted by atomic mass is 10.1. The van der Waals surface area contributed by atoms with Gasteiger partial charge in [0.1, 0.15) is 0 Å². The molecule has 0 spiro atoms. The Morgan fingerprint density at radius 1 is 1.15 bits per heavy atom. The minimum Gasteiger partial charge on any atom is -0.290 e. The summed E-state index contributed by atoms with van der Waals surface area (Å²) in [6.45, 7) is 2.09.